The van der Waals surface area contributed by atoms with Crippen molar-refractivity contribution in [2.24, 2.45) is 0 Å². The van der Waals surface area contributed by atoms with Crippen molar-refractivity contribution < 1.29 is 0 Å². The van der Waals surface area contributed by atoms with E-state index in [1.807, 2.05) is 25.1 Å². The van der Waals surface area contributed by atoms with Gasteiger partial charge >= 0.3 is 5.69 Å². The third-order valence-corrected chi connectivity index (χ3v) is 3.47. The van der Waals surface area contributed by atoms with E-state index in [4.69, 9.17) is 11.6 Å². The van der Waals surface area contributed by atoms with Crippen molar-refractivity contribution in [1.82, 2.24) is 14.5 Å². The molecule has 1 aromatic carbocycles. The van der Waals surface area contributed by atoms with Crippen LogP contribution in [0.5, 0.6) is 0 Å². The quantitative estimate of drug-likeness (QED) is 0.780. The first kappa shape index (κ1) is 12.0. The lowest BCUT2D eigenvalue weighted by Crippen LogP contribution is -2.21. The van der Waals surface area contributed by atoms with Gasteiger partial charge in [-0.1, -0.05) is 17.7 Å². The monoisotopic (exact) mass is 273 g/mol. The maximum absolute atomic E-state index is 12.1. The summed E-state index contributed by atoms with van der Waals surface area (Å²) in [6.07, 6.45) is 3.49. The Balaban J connectivity index is 2.20. The summed E-state index contributed by atoms with van der Waals surface area (Å²) in [5, 5.41) is 0.606. The van der Waals surface area contributed by atoms with E-state index in [2.05, 4.69) is 9.97 Å². The number of benzene rings is 1. The van der Waals surface area contributed by atoms with Crippen molar-refractivity contribution >= 4 is 22.6 Å². The first-order valence-electron chi connectivity index (χ1n) is 5.96. The predicted octanol–water partition coefficient (Wildman–Crippen LogP) is 2.99. The lowest BCUT2D eigenvalue weighted by Gasteiger charge is -2.13. The summed E-state index contributed by atoms with van der Waals surface area (Å²) < 4.78 is 1.71. The average Bonchev–Trinajstić information content (AvgIpc) is 2.74. The van der Waals surface area contributed by atoms with Gasteiger partial charge in [-0.05, 0) is 36.8 Å². The van der Waals surface area contributed by atoms with Crippen molar-refractivity contribution in [2.45, 2.75) is 13.0 Å². The van der Waals surface area contributed by atoms with Crippen LogP contribution in [0.3, 0.4) is 0 Å². The van der Waals surface area contributed by atoms with Gasteiger partial charge in [-0.2, -0.15) is 0 Å². The molecule has 3 aromatic rings. The minimum atomic E-state index is -0.145. The molecule has 1 atom stereocenters. The fourth-order valence-corrected chi connectivity index (χ4v) is 2.43. The Bertz CT molecular complexity index is 776. The molecule has 0 fully saturated rings. The molecule has 2 aromatic heterocycles. The van der Waals surface area contributed by atoms with Crippen molar-refractivity contribution in [3.05, 3.63) is 63.8 Å². The molecule has 5 heteroatoms. The van der Waals surface area contributed by atoms with Crippen LogP contribution < -0.4 is 5.69 Å². The van der Waals surface area contributed by atoms with Gasteiger partial charge in [0, 0.05) is 17.4 Å². The number of H-pyrrole nitrogens is 1. The molecule has 0 bridgehead atoms. The summed E-state index contributed by atoms with van der Waals surface area (Å²) in [7, 11) is 0. The van der Waals surface area contributed by atoms with E-state index in [-0.39, 0.29) is 11.7 Å². The first-order valence-corrected chi connectivity index (χ1v) is 6.34. The van der Waals surface area contributed by atoms with Crippen LogP contribution in [-0.2, 0) is 0 Å². The van der Waals surface area contributed by atoms with Gasteiger partial charge in [0.15, 0.2) is 0 Å². The van der Waals surface area contributed by atoms with Gasteiger partial charge in [-0.25, -0.2) is 4.79 Å². The summed E-state index contributed by atoms with van der Waals surface area (Å²) >= 11 is 5.94. The molecule has 1 unspecified atom stereocenters. The molecular weight excluding hydrogens is 262 g/mol. The third-order valence-electron chi connectivity index (χ3n) is 3.23. The molecule has 0 saturated heterocycles. The topological polar surface area (TPSA) is 50.7 Å². The lowest BCUT2D eigenvalue weighted by molar-refractivity contribution is 0.633. The van der Waals surface area contributed by atoms with Gasteiger partial charge in [0.1, 0.15) is 0 Å². The molecule has 1 N–H and O–H groups in total. The molecule has 2 heterocycles. The van der Waals surface area contributed by atoms with E-state index in [0.29, 0.717) is 5.02 Å². The fraction of sp³-hybridized carbons (Fsp3) is 0.143. The molecule has 4 nitrogen and oxygen atoms in total. The summed E-state index contributed by atoms with van der Waals surface area (Å²) in [5.74, 6) is 0. The second-order valence-corrected chi connectivity index (χ2v) is 4.86. The molecule has 0 saturated carbocycles. The Morgan fingerprint density at radius 2 is 2.21 bits per heavy atom. The van der Waals surface area contributed by atoms with E-state index in [9.17, 15) is 4.79 Å². The minimum absolute atomic E-state index is 0.0869. The van der Waals surface area contributed by atoms with Crippen LogP contribution in [0.1, 0.15) is 18.5 Å². The smallest absolute Gasteiger partial charge is 0.305 e. The van der Waals surface area contributed by atoms with Gasteiger partial charge in [0.05, 0.1) is 17.1 Å². The standard InChI is InChI=1S/C14H12ClN3O/c1-9(10-3-2-6-16-8-10)18-13-5-4-11(15)7-12(13)17-14(18)19/h2-9H,1H3,(H,17,19). The van der Waals surface area contributed by atoms with Crippen LogP contribution in [0.2, 0.25) is 5.02 Å². The average molecular weight is 274 g/mol. The van der Waals surface area contributed by atoms with Crippen LogP contribution in [0.25, 0.3) is 11.0 Å². The Kier molecular flexibility index (Phi) is 2.87. The highest BCUT2D eigenvalue weighted by atomic mass is 35.5. The highest BCUT2D eigenvalue weighted by molar-refractivity contribution is 6.31. The molecule has 0 radical (unpaired) electrons. The maximum atomic E-state index is 12.1. The molecule has 0 aliphatic heterocycles. The number of aromatic nitrogens is 3. The van der Waals surface area contributed by atoms with Crippen molar-refractivity contribution in [1.29, 1.82) is 0 Å². The molecule has 19 heavy (non-hydrogen) atoms. The van der Waals surface area contributed by atoms with E-state index >= 15 is 0 Å². The lowest BCUT2D eigenvalue weighted by atomic mass is 10.1. The minimum Gasteiger partial charge on any atom is -0.305 e. The second kappa shape index (κ2) is 4.55. The van der Waals surface area contributed by atoms with Crippen LogP contribution in [0.4, 0.5) is 0 Å². The fourth-order valence-electron chi connectivity index (χ4n) is 2.26. The van der Waals surface area contributed by atoms with E-state index in [1.165, 1.54) is 0 Å². The SMILES string of the molecule is CC(c1cccnc1)n1c(=O)[nH]c2cc(Cl)ccc21. The summed E-state index contributed by atoms with van der Waals surface area (Å²) in [4.78, 5) is 19.0. The van der Waals surface area contributed by atoms with Crippen molar-refractivity contribution in [2.75, 3.05) is 0 Å². The maximum Gasteiger partial charge on any atom is 0.327 e. The van der Waals surface area contributed by atoms with Crippen molar-refractivity contribution in [3.63, 3.8) is 0 Å². The van der Waals surface area contributed by atoms with Crippen LogP contribution in [0.15, 0.2) is 47.5 Å². The first-order chi connectivity index (χ1) is 9.16. The zero-order valence-electron chi connectivity index (χ0n) is 10.3. The van der Waals surface area contributed by atoms with Gasteiger partial charge in [-0.15, -0.1) is 0 Å². The summed E-state index contributed by atoms with van der Waals surface area (Å²) in [6, 6.07) is 9.12. The van der Waals surface area contributed by atoms with Crippen LogP contribution >= 0.6 is 11.6 Å². The number of imidazole rings is 1. The Morgan fingerprint density at radius 1 is 1.37 bits per heavy atom. The normalized spacial score (nSPS) is 12.7. The number of fused-ring (bicyclic) bond motifs is 1. The number of rotatable bonds is 2. The Hall–Kier alpha value is -2.07. The van der Waals surface area contributed by atoms with Gasteiger partial charge in [0.2, 0.25) is 0 Å². The van der Waals surface area contributed by atoms with Crippen molar-refractivity contribution in [3.8, 4) is 0 Å². The summed E-state index contributed by atoms with van der Waals surface area (Å²) in [6.45, 7) is 1.97. The third kappa shape index (κ3) is 2.04. The zero-order chi connectivity index (χ0) is 13.4. The molecule has 3 rings (SSSR count). The molecule has 0 amide bonds. The molecule has 96 valence electrons. The highest BCUT2D eigenvalue weighted by Crippen LogP contribution is 2.22. The van der Waals surface area contributed by atoms with E-state index in [1.54, 1.807) is 29.1 Å². The molecular formula is C14H12ClN3O. The number of pyridine rings is 1. The molecule has 0 spiro atoms. The number of nitrogens with zero attached hydrogens (tertiary/aromatic N) is 2. The van der Waals surface area contributed by atoms with Crippen LogP contribution in [0, 0.1) is 0 Å². The predicted molar refractivity (Wildman–Crippen MR) is 75.6 cm³/mol. The van der Waals surface area contributed by atoms with E-state index < -0.39 is 0 Å². The molecule has 0 aliphatic rings. The van der Waals surface area contributed by atoms with Crippen LogP contribution in [-0.4, -0.2) is 14.5 Å². The van der Waals surface area contributed by atoms with Gasteiger partial charge < -0.3 is 4.98 Å². The number of halogens is 1. The summed E-state index contributed by atoms with van der Waals surface area (Å²) in [5.41, 5.74) is 2.42. The van der Waals surface area contributed by atoms with Gasteiger partial charge in [-0.3, -0.25) is 9.55 Å². The Labute approximate surface area is 114 Å². The number of nitrogens with one attached hydrogen (secondary N) is 1. The number of hydrogen-bond acceptors (Lipinski definition) is 2. The number of hydrogen-bond donors (Lipinski definition) is 1. The highest BCUT2D eigenvalue weighted by Gasteiger charge is 2.14. The zero-order valence-corrected chi connectivity index (χ0v) is 11.1. The second-order valence-electron chi connectivity index (χ2n) is 4.42. The van der Waals surface area contributed by atoms with Gasteiger partial charge in [0.25, 0.3) is 0 Å². The largest absolute Gasteiger partial charge is 0.327 e. The molecule has 0 aliphatic carbocycles. The number of aromatic amines is 1. The Morgan fingerprint density at radius 3 is 2.95 bits per heavy atom. The van der Waals surface area contributed by atoms with E-state index in [0.717, 1.165) is 16.6 Å².